The number of nitrogens with one attached hydrogen (secondary N) is 1. The molecular formula is C14H17NO3. The lowest BCUT2D eigenvalue weighted by Crippen LogP contribution is -2.31. The van der Waals surface area contributed by atoms with E-state index < -0.39 is 0 Å². The fraction of sp³-hybridized carbons (Fsp3) is 0.357. The summed E-state index contributed by atoms with van der Waals surface area (Å²) in [7, 11) is 1.63. The van der Waals surface area contributed by atoms with Crippen LogP contribution in [0.1, 0.15) is 24.9 Å². The Labute approximate surface area is 107 Å². The number of carbonyl (C=O) groups is 1. The molecule has 0 radical (unpaired) electrons. The molecule has 0 fully saturated rings. The molecule has 0 saturated carbocycles. The number of hydrogen-bond donors (Lipinski definition) is 1. The van der Waals surface area contributed by atoms with Crippen LogP contribution in [0.15, 0.2) is 36.1 Å². The Balaban J connectivity index is 2.13. The second kappa shape index (κ2) is 5.58. The molecule has 0 saturated heterocycles. The Morgan fingerprint density at radius 2 is 2.06 bits per heavy atom. The molecule has 1 aromatic carbocycles. The third-order valence-corrected chi connectivity index (χ3v) is 2.86. The summed E-state index contributed by atoms with van der Waals surface area (Å²) in [5.41, 5.74) is 1.05. The summed E-state index contributed by atoms with van der Waals surface area (Å²) in [6, 6.07) is 7.66. The van der Waals surface area contributed by atoms with Crippen LogP contribution in [-0.4, -0.2) is 19.6 Å². The van der Waals surface area contributed by atoms with Crippen molar-refractivity contribution in [3.05, 3.63) is 41.7 Å². The van der Waals surface area contributed by atoms with Gasteiger partial charge in [-0.1, -0.05) is 12.1 Å². The van der Waals surface area contributed by atoms with Gasteiger partial charge in [0.05, 0.1) is 19.8 Å². The predicted octanol–water partition coefficient (Wildman–Crippen LogP) is 2.18. The molecule has 4 nitrogen and oxygen atoms in total. The minimum atomic E-state index is -0.106. The summed E-state index contributed by atoms with van der Waals surface area (Å²) in [5.74, 6) is 1.44. The molecule has 1 atom stereocenters. The van der Waals surface area contributed by atoms with Gasteiger partial charge in [0.2, 0.25) is 5.91 Å². The van der Waals surface area contributed by atoms with E-state index in [4.69, 9.17) is 9.47 Å². The maximum atomic E-state index is 11.6. The van der Waals surface area contributed by atoms with Crippen molar-refractivity contribution < 1.29 is 14.3 Å². The molecule has 1 unspecified atom stereocenters. The minimum Gasteiger partial charge on any atom is -0.498 e. The van der Waals surface area contributed by atoms with Crippen molar-refractivity contribution in [2.24, 2.45) is 0 Å². The predicted molar refractivity (Wildman–Crippen MR) is 68.2 cm³/mol. The first kappa shape index (κ1) is 12.5. The Kier molecular flexibility index (Phi) is 3.87. The summed E-state index contributed by atoms with van der Waals surface area (Å²) >= 11 is 0. The fourth-order valence-corrected chi connectivity index (χ4v) is 1.99. The van der Waals surface area contributed by atoms with Gasteiger partial charge in [-0.15, -0.1) is 0 Å². The van der Waals surface area contributed by atoms with E-state index in [2.05, 4.69) is 5.32 Å². The summed E-state index contributed by atoms with van der Waals surface area (Å²) in [4.78, 5) is 11.6. The van der Waals surface area contributed by atoms with Gasteiger partial charge in [-0.2, -0.15) is 0 Å². The van der Waals surface area contributed by atoms with E-state index in [1.165, 1.54) is 6.08 Å². The highest BCUT2D eigenvalue weighted by Crippen LogP contribution is 2.26. The molecule has 0 aliphatic carbocycles. The zero-order valence-electron chi connectivity index (χ0n) is 10.6. The number of benzene rings is 1. The van der Waals surface area contributed by atoms with Crippen LogP contribution in [0.3, 0.4) is 0 Å². The lowest BCUT2D eigenvalue weighted by Gasteiger charge is -2.24. The van der Waals surface area contributed by atoms with Crippen LogP contribution in [0.5, 0.6) is 5.75 Å². The van der Waals surface area contributed by atoms with Gasteiger partial charge in [0.1, 0.15) is 11.5 Å². The van der Waals surface area contributed by atoms with Gasteiger partial charge in [0, 0.05) is 12.5 Å². The number of hydrogen-bond acceptors (Lipinski definition) is 3. The van der Waals surface area contributed by atoms with Crippen LogP contribution < -0.4 is 10.1 Å². The summed E-state index contributed by atoms with van der Waals surface area (Å²) < 4.78 is 10.5. The fourth-order valence-electron chi connectivity index (χ4n) is 1.99. The van der Waals surface area contributed by atoms with Gasteiger partial charge in [0.15, 0.2) is 0 Å². The van der Waals surface area contributed by atoms with Gasteiger partial charge < -0.3 is 14.8 Å². The van der Waals surface area contributed by atoms with Crippen LogP contribution in [0.2, 0.25) is 0 Å². The highest BCUT2D eigenvalue weighted by Gasteiger charge is 2.21. The minimum absolute atomic E-state index is 0.0324. The Bertz CT molecular complexity index is 451. The van der Waals surface area contributed by atoms with Gasteiger partial charge in [-0.05, 0) is 24.6 Å². The maximum Gasteiger partial charge on any atom is 0.247 e. The second-order valence-corrected chi connectivity index (χ2v) is 4.08. The number of rotatable bonds is 4. The molecule has 0 bridgehead atoms. The Hall–Kier alpha value is -1.97. The van der Waals surface area contributed by atoms with Crippen molar-refractivity contribution in [3.63, 3.8) is 0 Å². The average Bonchev–Trinajstić information content (AvgIpc) is 2.38. The lowest BCUT2D eigenvalue weighted by atomic mass is 10.00. The maximum absolute atomic E-state index is 11.6. The molecule has 96 valence electrons. The molecule has 18 heavy (non-hydrogen) atoms. The Morgan fingerprint density at radius 3 is 2.67 bits per heavy atom. The van der Waals surface area contributed by atoms with Crippen molar-refractivity contribution in [1.82, 2.24) is 5.32 Å². The third kappa shape index (κ3) is 2.83. The molecule has 1 aliphatic heterocycles. The van der Waals surface area contributed by atoms with E-state index >= 15 is 0 Å². The third-order valence-electron chi connectivity index (χ3n) is 2.86. The topological polar surface area (TPSA) is 47.6 Å². The first-order chi connectivity index (χ1) is 8.72. The zero-order valence-corrected chi connectivity index (χ0v) is 10.6. The van der Waals surface area contributed by atoms with E-state index in [0.29, 0.717) is 13.0 Å². The van der Waals surface area contributed by atoms with Crippen LogP contribution in [0.25, 0.3) is 0 Å². The van der Waals surface area contributed by atoms with Crippen molar-refractivity contribution in [2.75, 3.05) is 13.7 Å². The Morgan fingerprint density at radius 1 is 1.33 bits per heavy atom. The van der Waals surface area contributed by atoms with Crippen molar-refractivity contribution in [2.45, 2.75) is 19.4 Å². The molecular weight excluding hydrogens is 230 g/mol. The number of carbonyl (C=O) groups excluding carboxylic acids is 1. The van der Waals surface area contributed by atoms with Crippen molar-refractivity contribution in [1.29, 1.82) is 0 Å². The van der Waals surface area contributed by atoms with Gasteiger partial charge in [-0.25, -0.2) is 0 Å². The van der Waals surface area contributed by atoms with Gasteiger partial charge >= 0.3 is 0 Å². The number of amides is 1. The molecule has 0 aromatic heterocycles. The first-order valence-electron chi connectivity index (χ1n) is 6.00. The SMILES string of the molecule is CCOC1=CC(=O)NC(c2ccc(OC)cc2)C1. The number of methoxy groups -OCH3 is 1. The molecule has 1 amide bonds. The molecule has 1 aliphatic rings. The molecule has 1 N–H and O–H groups in total. The summed E-state index contributed by atoms with van der Waals surface area (Å²) in [5, 5.41) is 2.92. The largest absolute Gasteiger partial charge is 0.498 e. The van der Waals surface area contributed by atoms with Crippen LogP contribution in [-0.2, 0) is 9.53 Å². The summed E-state index contributed by atoms with van der Waals surface area (Å²) in [6.07, 6.45) is 2.20. The van der Waals surface area contributed by atoms with Crippen LogP contribution in [0, 0.1) is 0 Å². The molecule has 1 aromatic rings. The van der Waals surface area contributed by atoms with Crippen molar-refractivity contribution in [3.8, 4) is 5.75 Å². The van der Waals surface area contributed by atoms with E-state index in [-0.39, 0.29) is 11.9 Å². The monoisotopic (exact) mass is 247 g/mol. The molecule has 4 heteroatoms. The quantitative estimate of drug-likeness (QED) is 0.887. The zero-order chi connectivity index (χ0) is 13.0. The molecule has 1 heterocycles. The van der Waals surface area contributed by atoms with E-state index in [1.807, 2.05) is 31.2 Å². The highest BCUT2D eigenvalue weighted by atomic mass is 16.5. The van der Waals surface area contributed by atoms with E-state index in [9.17, 15) is 4.79 Å². The van der Waals surface area contributed by atoms with Gasteiger partial charge in [-0.3, -0.25) is 4.79 Å². The number of ether oxygens (including phenoxy) is 2. The molecule has 2 rings (SSSR count). The average molecular weight is 247 g/mol. The molecule has 0 spiro atoms. The van der Waals surface area contributed by atoms with Crippen LogP contribution in [0.4, 0.5) is 0 Å². The van der Waals surface area contributed by atoms with Gasteiger partial charge in [0.25, 0.3) is 0 Å². The smallest absolute Gasteiger partial charge is 0.247 e. The van der Waals surface area contributed by atoms with Crippen LogP contribution >= 0.6 is 0 Å². The first-order valence-corrected chi connectivity index (χ1v) is 6.00. The highest BCUT2D eigenvalue weighted by molar-refractivity contribution is 5.89. The van der Waals surface area contributed by atoms with E-state index in [1.54, 1.807) is 7.11 Å². The second-order valence-electron chi connectivity index (χ2n) is 4.08. The normalized spacial score (nSPS) is 18.9. The standard InChI is InChI=1S/C14H17NO3/c1-3-18-12-8-13(15-14(16)9-12)10-4-6-11(17-2)7-5-10/h4-7,9,13H,3,8H2,1-2H3,(H,15,16). The van der Waals surface area contributed by atoms with E-state index in [0.717, 1.165) is 17.1 Å². The lowest BCUT2D eigenvalue weighted by molar-refractivity contribution is -0.118. The summed E-state index contributed by atoms with van der Waals surface area (Å²) in [6.45, 7) is 2.49. The van der Waals surface area contributed by atoms with Crippen molar-refractivity contribution >= 4 is 5.91 Å².